The number of nitrogens with two attached hydrogens (primary N) is 1. The van der Waals surface area contributed by atoms with E-state index >= 15 is 0 Å². The first-order chi connectivity index (χ1) is 11.2. The van der Waals surface area contributed by atoms with Gasteiger partial charge in [-0.05, 0) is 25.0 Å². The molecular weight excluding hydrogens is 351 g/mol. The average Bonchev–Trinajstić information content (AvgIpc) is 3.27. The Kier molecular flexibility index (Phi) is 4.67. The molecule has 0 atom stereocenters. The Morgan fingerprint density at radius 1 is 1.21 bits per heavy atom. The Balaban J connectivity index is 0.00000169. The van der Waals surface area contributed by atoms with Crippen LogP contribution >= 0.6 is 23.7 Å². The summed E-state index contributed by atoms with van der Waals surface area (Å²) in [6.45, 7) is 0. The normalized spacial score (nSPS) is 16.1. The van der Waals surface area contributed by atoms with Crippen LogP contribution in [0, 0.1) is 5.82 Å². The number of nitrogens with zero attached hydrogens (tertiary/aromatic N) is 3. The molecule has 0 saturated heterocycles. The van der Waals surface area contributed by atoms with E-state index in [2.05, 4.69) is 15.1 Å². The number of thiazole rings is 1. The van der Waals surface area contributed by atoms with Crippen molar-refractivity contribution in [2.75, 3.05) is 0 Å². The van der Waals surface area contributed by atoms with Crippen LogP contribution in [0.25, 0.3) is 21.3 Å². The lowest BCUT2D eigenvalue weighted by Crippen LogP contribution is -2.34. The fraction of sp³-hybridized carbons (Fsp3) is 0.312. The molecule has 2 heterocycles. The first-order valence-electron chi connectivity index (χ1n) is 7.50. The molecule has 0 radical (unpaired) electrons. The summed E-state index contributed by atoms with van der Waals surface area (Å²) in [5.74, 6) is 0.633. The lowest BCUT2D eigenvalue weighted by Gasteiger charge is -2.17. The highest BCUT2D eigenvalue weighted by atomic mass is 35.5. The average molecular weight is 367 g/mol. The molecule has 0 unspecified atom stereocenters. The Labute approximate surface area is 148 Å². The fourth-order valence-electron chi connectivity index (χ4n) is 2.89. The van der Waals surface area contributed by atoms with Gasteiger partial charge in [0.25, 0.3) is 5.89 Å². The monoisotopic (exact) mass is 366 g/mol. The van der Waals surface area contributed by atoms with Crippen molar-refractivity contribution in [2.24, 2.45) is 5.73 Å². The number of halogens is 2. The topological polar surface area (TPSA) is 77.8 Å². The third-order valence-corrected chi connectivity index (χ3v) is 5.21. The molecule has 5 nitrogen and oxygen atoms in total. The summed E-state index contributed by atoms with van der Waals surface area (Å²) in [4.78, 5) is 9.42. The van der Waals surface area contributed by atoms with Crippen molar-refractivity contribution in [3.8, 4) is 21.3 Å². The minimum absolute atomic E-state index is 0. The zero-order chi connectivity index (χ0) is 15.9. The van der Waals surface area contributed by atoms with Gasteiger partial charge in [0.15, 0.2) is 5.82 Å². The Bertz CT molecular complexity index is 844. The van der Waals surface area contributed by atoms with E-state index in [0.717, 1.165) is 25.7 Å². The molecule has 8 heteroatoms. The molecule has 0 spiro atoms. The molecule has 0 aliphatic heterocycles. The summed E-state index contributed by atoms with van der Waals surface area (Å²) >= 11 is 1.32. The van der Waals surface area contributed by atoms with E-state index in [0.29, 0.717) is 27.2 Å². The Hall–Kier alpha value is -1.83. The third kappa shape index (κ3) is 2.94. The van der Waals surface area contributed by atoms with E-state index in [1.54, 1.807) is 24.4 Å². The molecular formula is C16H16ClFN4OS. The molecule has 0 amide bonds. The van der Waals surface area contributed by atoms with E-state index in [9.17, 15) is 4.39 Å². The van der Waals surface area contributed by atoms with E-state index in [1.807, 2.05) is 0 Å². The van der Waals surface area contributed by atoms with E-state index in [-0.39, 0.29) is 18.2 Å². The Morgan fingerprint density at radius 2 is 1.96 bits per heavy atom. The van der Waals surface area contributed by atoms with Crippen molar-refractivity contribution in [3.05, 3.63) is 42.1 Å². The zero-order valence-electron chi connectivity index (χ0n) is 12.7. The molecule has 1 saturated carbocycles. The maximum atomic E-state index is 13.8. The van der Waals surface area contributed by atoms with Crippen molar-refractivity contribution in [1.82, 2.24) is 15.1 Å². The second-order valence-electron chi connectivity index (χ2n) is 5.80. The smallest absolute Gasteiger partial charge is 0.269 e. The van der Waals surface area contributed by atoms with Crippen LogP contribution in [-0.4, -0.2) is 15.1 Å². The number of rotatable bonds is 3. The second kappa shape index (κ2) is 6.58. The molecule has 24 heavy (non-hydrogen) atoms. The standard InChI is InChI=1S/C16H15FN4OS.ClH/c17-11-6-2-1-5-10(11)14-19-9-12(23-14)13-20-15(21-22-13)16(18)7-3-4-8-16;/h1-2,5-6,9H,3-4,7-8,18H2;1H. The van der Waals surface area contributed by atoms with Gasteiger partial charge in [-0.3, -0.25) is 0 Å². The lowest BCUT2D eigenvalue weighted by molar-refractivity contribution is 0.373. The molecule has 1 aromatic carbocycles. The van der Waals surface area contributed by atoms with Crippen molar-refractivity contribution >= 4 is 23.7 Å². The van der Waals surface area contributed by atoms with Gasteiger partial charge < -0.3 is 10.3 Å². The minimum atomic E-state index is -0.485. The third-order valence-electron chi connectivity index (χ3n) is 4.19. The van der Waals surface area contributed by atoms with Crippen LogP contribution in [0.5, 0.6) is 0 Å². The summed E-state index contributed by atoms with van der Waals surface area (Å²) in [6.07, 6.45) is 5.53. The van der Waals surface area contributed by atoms with Crippen LogP contribution in [0.4, 0.5) is 4.39 Å². The highest BCUT2D eigenvalue weighted by molar-refractivity contribution is 7.18. The Morgan fingerprint density at radius 3 is 2.71 bits per heavy atom. The van der Waals surface area contributed by atoms with Crippen molar-refractivity contribution < 1.29 is 8.91 Å². The van der Waals surface area contributed by atoms with Crippen LogP contribution in [0.2, 0.25) is 0 Å². The van der Waals surface area contributed by atoms with E-state index in [4.69, 9.17) is 10.3 Å². The van der Waals surface area contributed by atoms with Crippen LogP contribution in [0.3, 0.4) is 0 Å². The van der Waals surface area contributed by atoms with Crippen LogP contribution in [0.1, 0.15) is 31.5 Å². The number of aromatic nitrogens is 3. The van der Waals surface area contributed by atoms with Gasteiger partial charge in [0.05, 0.1) is 11.7 Å². The first-order valence-corrected chi connectivity index (χ1v) is 8.31. The van der Waals surface area contributed by atoms with Gasteiger partial charge in [-0.25, -0.2) is 9.37 Å². The highest BCUT2D eigenvalue weighted by Crippen LogP contribution is 2.37. The van der Waals surface area contributed by atoms with Gasteiger partial charge >= 0.3 is 0 Å². The molecule has 0 bridgehead atoms. The quantitative estimate of drug-likeness (QED) is 0.753. The predicted molar refractivity (Wildman–Crippen MR) is 92.4 cm³/mol. The van der Waals surface area contributed by atoms with Crippen LogP contribution in [-0.2, 0) is 5.54 Å². The van der Waals surface area contributed by atoms with E-state index < -0.39 is 5.54 Å². The zero-order valence-corrected chi connectivity index (χ0v) is 14.4. The fourth-order valence-corrected chi connectivity index (χ4v) is 3.75. The molecule has 126 valence electrons. The first kappa shape index (κ1) is 17.0. The molecule has 2 N–H and O–H groups in total. The highest BCUT2D eigenvalue weighted by Gasteiger charge is 2.36. The van der Waals surface area contributed by atoms with E-state index in [1.165, 1.54) is 17.4 Å². The number of benzene rings is 1. The number of hydrogen-bond acceptors (Lipinski definition) is 6. The molecule has 1 aliphatic carbocycles. The molecule has 2 aromatic heterocycles. The maximum Gasteiger partial charge on any atom is 0.269 e. The van der Waals surface area contributed by atoms with Gasteiger partial charge in [0.2, 0.25) is 0 Å². The largest absolute Gasteiger partial charge is 0.333 e. The molecule has 1 aliphatic rings. The SMILES string of the molecule is Cl.NC1(c2noc(-c3cnc(-c4ccccc4F)s3)n2)CCCC1. The summed E-state index contributed by atoms with van der Waals surface area (Å²) < 4.78 is 19.2. The molecule has 4 rings (SSSR count). The van der Waals surface area contributed by atoms with Crippen molar-refractivity contribution in [2.45, 2.75) is 31.2 Å². The van der Waals surface area contributed by atoms with Crippen LogP contribution < -0.4 is 5.73 Å². The van der Waals surface area contributed by atoms with Crippen molar-refractivity contribution in [1.29, 1.82) is 0 Å². The maximum absolute atomic E-state index is 13.8. The van der Waals surface area contributed by atoms with Gasteiger partial charge in [0, 0.05) is 5.56 Å². The van der Waals surface area contributed by atoms with Crippen LogP contribution in [0.15, 0.2) is 35.0 Å². The van der Waals surface area contributed by atoms with Gasteiger partial charge in [-0.2, -0.15) is 4.98 Å². The summed E-state index contributed by atoms with van der Waals surface area (Å²) in [6, 6.07) is 6.55. The van der Waals surface area contributed by atoms with Crippen molar-refractivity contribution in [3.63, 3.8) is 0 Å². The summed E-state index contributed by atoms with van der Waals surface area (Å²) in [7, 11) is 0. The number of hydrogen-bond donors (Lipinski definition) is 1. The minimum Gasteiger partial charge on any atom is -0.333 e. The van der Waals surface area contributed by atoms with Gasteiger partial charge in [-0.1, -0.05) is 30.1 Å². The summed E-state index contributed by atoms with van der Waals surface area (Å²) in [5.41, 5.74) is 6.32. The molecule has 1 fully saturated rings. The van der Waals surface area contributed by atoms with Gasteiger partial charge in [0.1, 0.15) is 15.7 Å². The molecule has 3 aromatic rings. The predicted octanol–water partition coefficient (Wildman–Crippen LogP) is 4.15. The van der Waals surface area contributed by atoms with Gasteiger partial charge in [-0.15, -0.1) is 23.7 Å². The summed E-state index contributed by atoms with van der Waals surface area (Å²) in [5, 5.41) is 4.62. The lowest BCUT2D eigenvalue weighted by atomic mass is 9.99. The second-order valence-corrected chi connectivity index (χ2v) is 6.83.